The van der Waals surface area contributed by atoms with Crippen LogP contribution in [-0.2, 0) is 0 Å². The molecule has 1 aromatic carbocycles. The van der Waals surface area contributed by atoms with Crippen molar-refractivity contribution in [1.82, 2.24) is 15.5 Å². The van der Waals surface area contributed by atoms with Gasteiger partial charge in [-0.15, -0.1) is 0 Å². The molecule has 0 fully saturated rings. The molecule has 24 heavy (non-hydrogen) atoms. The number of aromatic nitrogens is 2. The number of benzene rings is 1. The summed E-state index contributed by atoms with van der Waals surface area (Å²) < 4.78 is 5.95. The second-order valence-corrected chi connectivity index (χ2v) is 5.67. The maximum Gasteiger partial charge on any atom is 0.143 e. The van der Waals surface area contributed by atoms with E-state index in [1.807, 2.05) is 43.6 Å². The maximum absolute atomic E-state index is 7.28. The highest BCUT2D eigenvalue weighted by molar-refractivity contribution is 5.68. The van der Waals surface area contributed by atoms with Crippen LogP contribution in [0.5, 0.6) is 5.75 Å². The van der Waals surface area contributed by atoms with Gasteiger partial charge >= 0.3 is 0 Å². The van der Waals surface area contributed by atoms with Gasteiger partial charge in [0, 0.05) is 23.9 Å². The maximum atomic E-state index is 7.28. The molecular weight excluding hydrogens is 302 g/mol. The second-order valence-electron chi connectivity index (χ2n) is 5.67. The van der Waals surface area contributed by atoms with Crippen LogP contribution in [0.4, 0.5) is 5.69 Å². The Hall–Kier alpha value is -2.76. The van der Waals surface area contributed by atoms with Gasteiger partial charge in [-0.2, -0.15) is 5.10 Å². The van der Waals surface area contributed by atoms with Gasteiger partial charge in [-0.25, -0.2) is 0 Å². The molecular formula is C18H25N5O. The third kappa shape index (κ3) is 4.87. The standard InChI is InChI=1S/C18H25N5O/c1-3-14(9-19)6-7-21-10-13(2)24-18-8-15(4-5-17(18)20)16-11-22-23-12-16/h4-9,11-14,19,21H,3,10,20H2,1-2H3,(H,22,23)/b7-6-,19-9?/t13-,14?/m0/s1. The molecule has 2 aromatic rings. The summed E-state index contributed by atoms with van der Waals surface area (Å²) in [7, 11) is 0. The first-order valence-corrected chi connectivity index (χ1v) is 8.10. The number of hydrogen-bond donors (Lipinski definition) is 4. The molecule has 0 aliphatic heterocycles. The van der Waals surface area contributed by atoms with Crippen LogP contribution in [0, 0.1) is 11.3 Å². The Morgan fingerprint density at radius 1 is 1.42 bits per heavy atom. The van der Waals surface area contributed by atoms with Gasteiger partial charge in [-0.3, -0.25) is 5.10 Å². The van der Waals surface area contributed by atoms with Crippen molar-refractivity contribution in [2.45, 2.75) is 26.4 Å². The van der Waals surface area contributed by atoms with Crippen LogP contribution in [0.3, 0.4) is 0 Å². The zero-order chi connectivity index (χ0) is 17.4. The average Bonchev–Trinajstić information content (AvgIpc) is 3.11. The van der Waals surface area contributed by atoms with E-state index in [1.54, 1.807) is 6.20 Å². The highest BCUT2D eigenvalue weighted by atomic mass is 16.5. The molecule has 0 saturated carbocycles. The number of nitrogens with two attached hydrogens (primary N) is 1. The van der Waals surface area contributed by atoms with Gasteiger partial charge in [0.2, 0.25) is 0 Å². The Kier molecular flexibility index (Phi) is 6.42. The lowest BCUT2D eigenvalue weighted by atomic mass is 10.1. The van der Waals surface area contributed by atoms with Crippen molar-refractivity contribution in [1.29, 1.82) is 5.41 Å². The van der Waals surface area contributed by atoms with Gasteiger partial charge < -0.3 is 21.2 Å². The highest BCUT2D eigenvalue weighted by Crippen LogP contribution is 2.29. The summed E-state index contributed by atoms with van der Waals surface area (Å²) in [5, 5.41) is 17.2. The van der Waals surface area contributed by atoms with Crippen LogP contribution < -0.4 is 15.8 Å². The minimum Gasteiger partial charge on any atom is -0.487 e. The zero-order valence-electron chi connectivity index (χ0n) is 14.1. The van der Waals surface area contributed by atoms with E-state index in [-0.39, 0.29) is 12.0 Å². The zero-order valence-corrected chi connectivity index (χ0v) is 14.1. The van der Waals surface area contributed by atoms with Crippen LogP contribution in [0.25, 0.3) is 11.1 Å². The lowest BCUT2D eigenvalue weighted by Crippen LogP contribution is -2.26. The Balaban J connectivity index is 1.92. The number of allylic oxidation sites excluding steroid dienone is 1. The van der Waals surface area contributed by atoms with Crippen LogP contribution in [-0.4, -0.2) is 29.1 Å². The normalized spacial score (nSPS) is 13.6. The van der Waals surface area contributed by atoms with E-state index >= 15 is 0 Å². The fraction of sp³-hybridized carbons (Fsp3) is 0.333. The van der Waals surface area contributed by atoms with Crippen molar-refractivity contribution >= 4 is 11.9 Å². The molecule has 5 N–H and O–H groups in total. The van der Waals surface area contributed by atoms with E-state index in [4.69, 9.17) is 15.9 Å². The van der Waals surface area contributed by atoms with Gasteiger partial charge in [0.15, 0.2) is 0 Å². The van der Waals surface area contributed by atoms with Gasteiger partial charge in [0.1, 0.15) is 11.9 Å². The van der Waals surface area contributed by atoms with Crippen LogP contribution >= 0.6 is 0 Å². The Bertz CT molecular complexity index is 666. The minimum atomic E-state index is -0.0448. The Morgan fingerprint density at radius 3 is 2.92 bits per heavy atom. The smallest absolute Gasteiger partial charge is 0.143 e. The summed E-state index contributed by atoms with van der Waals surface area (Å²) >= 11 is 0. The highest BCUT2D eigenvalue weighted by Gasteiger charge is 2.09. The number of rotatable bonds is 9. The topological polar surface area (TPSA) is 99.8 Å². The molecule has 2 rings (SSSR count). The monoisotopic (exact) mass is 327 g/mol. The molecule has 1 heterocycles. The van der Waals surface area contributed by atoms with Crippen molar-refractivity contribution in [3.63, 3.8) is 0 Å². The molecule has 0 saturated heterocycles. The number of anilines is 1. The first kappa shape index (κ1) is 17.6. The summed E-state index contributed by atoms with van der Waals surface area (Å²) in [6.45, 7) is 4.70. The third-order valence-electron chi connectivity index (χ3n) is 3.73. The van der Waals surface area contributed by atoms with E-state index in [1.165, 1.54) is 6.21 Å². The predicted octanol–water partition coefficient (Wildman–Crippen LogP) is 3.21. The third-order valence-corrected chi connectivity index (χ3v) is 3.73. The molecule has 1 unspecified atom stereocenters. The minimum absolute atomic E-state index is 0.0448. The molecule has 6 nitrogen and oxygen atoms in total. The number of aromatic amines is 1. The molecule has 128 valence electrons. The van der Waals surface area contributed by atoms with E-state index in [2.05, 4.69) is 22.4 Å². The SMILES string of the molecule is CCC(C=N)/C=C\NC[C@H](C)Oc1cc(-c2cn[nH]c2)ccc1N. The van der Waals surface area contributed by atoms with Crippen LogP contribution in [0.1, 0.15) is 20.3 Å². The van der Waals surface area contributed by atoms with E-state index in [9.17, 15) is 0 Å². The summed E-state index contributed by atoms with van der Waals surface area (Å²) in [5.41, 5.74) is 8.62. The quantitative estimate of drug-likeness (QED) is 0.420. The lowest BCUT2D eigenvalue weighted by molar-refractivity contribution is 0.224. The van der Waals surface area contributed by atoms with Crippen molar-refractivity contribution < 1.29 is 4.74 Å². The predicted molar refractivity (Wildman–Crippen MR) is 98.2 cm³/mol. The van der Waals surface area contributed by atoms with Gasteiger partial charge in [0.05, 0.1) is 18.4 Å². The molecule has 1 aromatic heterocycles. The number of H-pyrrole nitrogens is 1. The number of nitrogens with one attached hydrogen (secondary N) is 3. The van der Waals surface area contributed by atoms with Crippen LogP contribution in [0.15, 0.2) is 42.9 Å². The Labute approximate surface area is 142 Å². The summed E-state index contributed by atoms with van der Waals surface area (Å²) in [4.78, 5) is 0. The van der Waals surface area contributed by atoms with Crippen LogP contribution in [0.2, 0.25) is 0 Å². The van der Waals surface area contributed by atoms with Gasteiger partial charge in [-0.1, -0.05) is 19.1 Å². The fourth-order valence-electron chi connectivity index (χ4n) is 2.22. The lowest BCUT2D eigenvalue weighted by Gasteiger charge is -2.17. The molecule has 0 aliphatic rings. The molecule has 0 bridgehead atoms. The molecule has 0 spiro atoms. The van der Waals surface area contributed by atoms with Crippen molar-refractivity contribution in [2.24, 2.45) is 5.92 Å². The number of ether oxygens (including phenoxy) is 1. The fourth-order valence-corrected chi connectivity index (χ4v) is 2.22. The summed E-state index contributed by atoms with van der Waals surface area (Å²) in [6, 6.07) is 5.71. The first-order valence-electron chi connectivity index (χ1n) is 8.10. The average molecular weight is 327 g/mol. The molecule has 0 radical (unpaired) electrons. The summed E-state index contributed by atoms with van der Waals surface area (Å²) in [5.74, 6) is 0.842. The summed E-state index contributed by atoms with van der Waals surface area (Å²) in [6.07, 6.45) is 9.77. The van der Waals surface area contributed by atoms with Crippen molar-refractivity contribution in [2.75, 3.05) is 12.3 Å². The van der Waals surface area contributed by atoms with Crippen molar-refractivity contribution in [3.8, 4) is 16.9 Å². The largest absolute Gasteiger partial charge is 0.487 e. The number of hydrogen-bond acceptors (Lipinski definition) is 5. The van der Waals surface area contributed by atoms with Crippen molar-refractivity contribution in [3.05, 3.63) is 42.9 Å². The first-order chi connectivity index (χ1) is 11.6. The van der Waals surface area contributed by atoms with Gasteiger partial charge in [-0.05, 0) is 37.2 Å². The van der Waals surface area contributed by atoms with E-state index < -0.39 is 0 Å². The number of nitrogens with zero attached hydrogens (tertiary/aromatic N) is 1. The molecule has 0 aliphatic carbocycles. The molecule has 2 atom stereocenters. The number of nitrogen functional groups attached to an aromatic ring is 1. The van der Waals surface area contributed by atoms with E-state index in [0.29, 0.717) is 18.0 Å². The molecule has 0 amide bonds. The molecule has 6 heteroatoms. The second kappa shape index (κ2) is 8.76. The van der Waals surface area contributed by atoms with E-state index in [0.717, 1.165) is 17.5 Å². The Morgan fingerprint density at radius 2 is 2.25 bits per heavy atom. The van der Waals surface area contributed by atoms with Gasteiger partial charge in [0.25, 0.3) is 0 Å².